The molecular formula is H15AlO6. The smallest absolute Gasteiger partial charge is 0.187 e. The fourth-order valence-electron chi connectivity index (χ4n) is 0. The van der Waals surface area contributed by atoms with Crippen molar-refractivity contribution in [3.8, 4) is 0 Å². The molecule has 0 saturated heterocycles. The highest BCUT2D eigenvalue weighted by molar-refractivity contribution is 5.75. The zero-order valence-electron chi connectivity index (χ0n) is 3.00. The van der Waals surface area contributed by atoms with Crippen molar-refractivity contribution in [3.05, 3.63) is 0 Å². The van der Waals surface area contributed by atoms with E-state index >= 15 is 0 Å². The summed E-state index contributed by atoms with van der Waals surface area (Å²) < 4.78 is 0. The molecule has 0 saturated carbocycles. The average Bonchev–Trinajstić information content (AvgIpc) is 0. The van der Waals surface area contributed by atoms with Crippen LogP contribution in [0.2, 0.25) is 0 Å². The van der Waals surface area contributed by atoms with Gasteiger partial charge in [0.2, 0.25) is 0 Å². The summed E-state index contributed by atoms with van der Waals surface area (Å²) >= 11 is 0. The van der Waals surface area contributed by atoms with Gasteiger partial charge in [-0.05, 0) is 0 Å². The van der Waals surface area contributed by atoms with Crippen molar-refractivity contribution in [1.82, 2.24) is 0 Å². The zero-order valence-corrected chi connectivity index (χ0v) is 3.00. The fourth-order valence-corrected chi connectivity index (χ4v) is 0. The van der Waals surface area contributed by atoms with Crippen molar-refractivity contribution >= 4 is 17.4 Å². The third kappa shape index (κ3) is 1360. The maximum absolute atomic E-state index is 0. The Bertz CT molecular complexity index is 4.14. The van der Waals surface area contributed by atoms with E-state index < -0.39 is 0 Å². The minimum absolute atomic E-state index is 0. The second kappa shape index (κ2) is 2060. The van der Waals surface area contributed by atoms with Crippen LogP contribution in [0.1, 0.15) is 0 Å². The van der Waals surface area contributed by atoms with E-state index in [1.165, 1.54) is 0 Å². The van der Waals surface area contributed by atoms with Crippen molar-refractivity contribution in [1.29, 1.82) is 0 Å². The van der Waals surface area contributed by atoms with Gasteiger partial charge in [-0.1, -0.05) is 0 Å². The Labute approximate surface area is 51.1 Å². The highest BCUT2D eigenvalue weighted by atomic mass is 27.0. The van der Waals surface area contributed by atoms with Gasteiger partial charge in [0.1, 0.15) is 0 Å². The normalized spacial score (nSPS) is 0. The standard InChI is InChI=1S/Al.6H2O.3H/h;6*1H2;;;. The van der Waals surface area contributed by atoms with Crippen LogP contribution in [0.15, 0.2) is 0 Å². The van der Waals surface area contributed by atoms with Gasteiger partial charge in [-0.15, -0.1) is 0 Å². The van der Waals surface area contributed by atoms with Crippen molar-refractivity contribution in [2.45, 2.75) is 0 Å². The van der Waals surface area contributed by atoms with E-state index in [4.69, 9.17) is 0 Å². The minimum atomic E-state index is 0. The van der Waals surface area contributed by atoms with Crippen molar-refractivity contribution in [2.24, 2.45) is 0 Å². The molecule has 0 aromatic heterocycles. The molecule has 0 aromatic rings. The van der Waals surface area contributed by atoms with E-state index in [2.05, 4.69) is 0 Å². The molecule has 0 aliphatic heterocycles. The van der Waals surface area contributed by atoms with Gasteiger partial charge in [0, 0.05) is 0 Å². The molecule has 0 atom stereocenters. The van der Waals surface area contributed by atoms with E-state index in [0.717, 1.165) is 0 Å². The Balaban J connectivity index is 0. The second-order valence-corrected chi connectivity index (χ2v) is 0. The van der Waals surface area contributed by atoms with Gasteiger partial charge in [-0.25, -0.2) is 0 Å². The maximum Gasteiger partial charge on any atom is 0.187 e. The van der Waals surface area contributed by atoms with Crippen LogP contribution in [0.5, 0.6) is 0 Å². The Morgan fingerprint density at radius 2 is 0.286 bits per heavy atom. The summed E-state index contributed by atoms with van der Waals surface area (Å²) in [5.41, 5.74) is 0. The molecule has 0 spiro atoms. The molecule has 0 aromatic carbocycles. The quantitative estimate of drug-likeness (QED) is 0.288. The van der Waals surface area contributed by atoms with Crippen LogP contribution >= 0.6 is 0 Å². The van der Waals surface area contributed by atoms with Crippen molar-refractivity contribution in [3.63, 3.8) is 0 Å². The largest absolute Gasteiger partial charge is 0.412 e. The van der Waals surface area contributed by atoms with Gasteiger partial charge in [0.05, 0.1) is 0 Å². The molecule has 54 valence electrons. The first-order valence-electron chi connectivity index (χ1n) is 0. The lowest BCUT2D eigenvalue weighted by Crippen LogP contribution is -0.381. The lowest BCUT2D eigenvalue weighted by molar-refractivity contribution is 0.823. The monoisotopic (exact) mass is 138 g/mol. The van der Waals surface area contributed by atoms with Crippen LogP contribution in [0.25, 0.3) is 0 Å². The Morgan fingerprint density at radius 1 is 0.286 bits per heavy atom. The van der Waals surface area contributed by atoms with Gasteiger partial charge in [0.25, 0.3) is 0 Å². The summed E-state index contributed by atoms with van der Waals surface area (Å²) in [5.74, 6) is 0. The first kappa shape index (κ1) is 3380. The molecule has 0 heterocycles. The summed E-state index contributed by atoms with van der Waals surface area (Å²) in [6.45, 7) is 0. The summed E-state index contributed by atoms with van der Waals surface area (Å²) in [4.78, 5) is 0. The second-order valence-electron chi connectivity index (χ2n) is 0. The fraction of sp³-hybridized carbons (Fsp3) is 0. The van der Waals surface area contributed by atoms with Gasteiger partial charge >= 0.3 is 0 Å². The average molecular weight is 138 g/mol. The molecule has 0 bridgehead atoms. The third-order valence-corrected chi connectivity index (χ3v) is 0. The van der Waals surface area contributed by atoms with Gasteiger partial charge < -0.3 is 32.9 Å². The first-order chi connectivity index (χ1) is 0. The molecule has 6 nitrogen and oxygen atoms in total. The number of hydrogen-bond donors (Lipinski definition) is 0. The van der Waals surface area contributed by atoms with Crippen LogP contribution in [0.4, 0.5) is 0 Å². The summed E-state index contributed by atoms with van der Waals surface area (Å²) in [7, 11) is 0. The molecule has 0 aliphatic carbocycles. The van der Waals surface area contributed by atoms with Gasteiger partial charge in [0.15, 0.2) is 17.4 Å². The van der Waals surface area contributed by atoms with Crippen LogP contribution in [-0.4, -0.2) is 50.2 Å². The van der Waals surface area contributed by atoms with Crippen LogP contribution in [-0.2, 0) is 0 Å². The molecule has 0 rings (SSSR count). The molecular weight excluding hydrogens is 123 g/mol. The zero-order chi connectivity index (χ0) is 0. The molecule has 0 aliphatic rings. The molecule has 7 heteroatoms. The van der Waals surface area contributed by atoms with Crippen LogP contribution in [0.3, 0.4) is 0 Å². The van der Waals surface area contributed by atoms with E-state index in [0.29, 0.717) is 0 Å². The van der Waals surface area contributed by atoms with Gasteiger partial charge in [-0.3, -0.25) is 0 Å². The molecule has 12 N–H and O–H groups in total. The minimum Gasteiger partial charge on any atom is -0.412 e. The van der Waals surface area contributed by atoms with E-state index in [9.17, 15) is 0 Å². The number of hydrogen-bond acceptors (Lipinski definition) is 0. The van der Waals surface area contributed by atoms with Crippen molar-refractivity contribution in [2.75, 3.05) is 0 Å². The lowest BCUT2D eigenvalue weighted by Gasteiger charge is -0.413. The number of rotatable bonds is 0. The van der Waals surface area contributed by atoms with Crippen LogP contribution in [0, 0.1) is 0 Å². The molecule has 0 fully saturated rings. The Morgan fingerprint density at radius 3 is 0.286 bits per heavy atom. The molecule has 0 amide bonds. The Hall–Kier alpha value is 0.292. The lowest BCUT2D eigenvalue weighted by atomic mass is 16.0. The molecule has 7 heavy (non-hydrogen) atoms. The van der Waals surface area contributed by atoms with E-state index in [1.54, 1.807) is 0 Å². The van der Waals surface area contributed by atoms with Gasteiger partial charge in [-0.2, -0.15) is 0 Å². The predicted octanol–water partition coefficient (Wildman–Crippen LogP) is -6.13. The van der Waals surface area contributed by atoms with E-state index in [1.807, 2.05) is 0 Å². The summed E-state index contributed by atoms with van der Waals surface area (Å²) in [6, 6.07) is 0. The predicted molar refractivity (Wildman–Crippen MR) is 31.6 cm³/mol. The highest BCUT2D eigenvalue weighted by Crippen LogP contribution is -0.284. The van der Waals surface area contributed by atoms with E-state index in [-0.39, 0.29) is 50.2 Å². The third-order valence-electron chi connectivity index (χ3n) is 0. The summed E-state index contributed by atoms with van der Waals surface area (Å²) in [6.07, 6.45) is 0. The SMILES string of the molecule is O.O.O.O.O.O.[AlH3]. The molecule has 0 unspecified atom stereocenters. The topological polar surface area (TPSA) is 189 Å². The Kier molecular flexibility index (Phi) is 994000. The van der Waals surface area contributed by atoms with Crippen LogP contribution < -0.4 is 0 Å². The summed E-state index contributed by atoms with van der Waals surface area (Å²) in [5, 5.41) is 0. The first-order valence-corrected chi connectivity index (χ1v) is 0. The molecule has 0 radical (unpaired) electrons. The van der Waals surface area contributed by atoms with Crippen molar-refractivity contribution < 1.29 is 32.9 Å². The maximum atomic E-state index is 0. The highest BCUT2D eigenvalue weighted by Gasteiger charge is 0.187.